The van der Waals surface area contributed by atoms with Crippen LogP contribution >= 0.6 is 0 Å². The van der Waals surface area contributed by atoms with E-state index in [0.29, 0.717) is 23.8 Å². The lowest BCUT2D eigenvalue weighted by molar-refractivity contribution is 0.131. The van der Waals surface area contributed by atoms with E-state index in [1.54, 1.807) is 12.1 Å². The molecule has 0 aromatic heterocycles. The summed E-state index contributed by atoms with van der Waals surface area (Å²) in [7, 11) is 1.51. The Balaban J connectivity index is 1.61. The van der Waals surface area contributed by atoms with E-state index in [1.807, 2.05) is 0 Å². The number of ether oxygens (including phenoxy) is 1. The molecule has 2 aliphatic rings. The molecular weight excluding hydrogens is 269 g/mol. The molecule has 0 aliphatic heterocycles. The first-order chi connectivity index (χ1) is 10.2. The highest BCUT2D eigenvalue weighted by atomic mass is 19.1. The number of aliphatic hydroxyl groups is 1. The van der Waals surface area contributed by atoms with Crippen molar-refractivity contribution in [2.45, 2.75) is 44.2 Å². The zero-order valence-corrected chi connectivity index (χ0v) is 12.6. The maximum Gasteiger partial charge on any atom is 0.132 e. The molecule has 1 unspecified atom stereocenters. The number of benzene rings is 1. The zero-order valence-electron chi connectivity index (χ0n) is 12.6. The van der Waals surface area contributed by atoms with E-state index in [1.165, 1.54) is 38.9 Å². The maximum absolute atomic E-state index is 13.9. The first-order valence-corrected chi connectivity index (χ1v) is 7.93. The lowest BCUT2D eigenvalue weighted by Gasteiger charge is -2.24. The van der Waals surface area contributed by atoms with Gasteiger partial charge < -0.3 is 14.7 Å². The summed E-state index contributed by atoms with van der Waals surface area (Å²) in [6.45, 7) is 1.98. The van der Waals surface area contributed by atoms with Gasteiger partial charge in [-0.2, -0.15) is 0 Å². The largest absolute Gasteiger partial charge is 0.496 e. The van der Waals surface area contributed by atoms with Crippen molar-refractivity contribution in [3.05, 3.63) is 29.6 Å². The second-order valence-corrected chi connectivity index (χ2v) is 6.33. The minimum atomic E-state index is -0.804. The Hall–Kier alpha value is -1.13. The summed E-state index contributed by atoms with van der Waals surface area (Å²) in [5.41, 5.74) is 0.294. The number of nitrogens with zero attached hydrogens (tertiary/aromatic N) is 1. The van der Waals surface area contributed by atoms with Gasteiger partial charge in [0.15, 0.2) is 0 Å². The highest BCUT2D eigenvalue weighted by molar-refractivity contribution is 5.36. The minimum absolute atomic E-state index is 0.294. The number of rotatable bonds is 8. The quantitative estimate of drug-likeness (QED) is 0.799. The summed E-state index contributed by atoms with van der Waals surface area (Å²) < 4.78 is 19.1. The molecule has 0 heterocycles. The summed E-state index contributed by atoms with van der Waals surface area (Å²) in [5.74, 6) is 0.899. The number of methoxy groups -OCH3 is 1. The lowest BCUT2D eigenvalue weighted by atomic mass is 10.0. The van der Waals surface area contributed by atoms with Crippen LogP contribution < -0.4 is 4.74 Å². The Morgan fingerprint density at radius 1 is 1.33 bits per heavy atom. The first-order valence-electron chi connectivity index (χ1n) is 7.93. The zero-order chi connectivity index (χ0) is 14.8. The summed E-state index contributed by atoms with van der Waals surface area (Å²) in [5, 5.41) is 10.4. The molecule has 3 nitrogen and oxygen atoms in total. The van der Waals surface area contributed by atoms with Crippen LogP contribution in [0.2, 0.25) is 0 Å². The van der Waals surface area contributed by atoms with E-state index in [4.69, 9.17) is 4.74 Å². The minimum Gasteiger partial charge on any atom is -0.496 e. The van der Waals surface area contributed by atoms with E-state index in [9.17, 15) is 9.50 Å². The molecule has 0 spiro atoms. The monoisotopic (exact) mass is 293 g/mol. The second-order valence-electron chi connectivity index (χ2n) is 6.33. The van der Waals surface area contributed by atoms with Crippen LogP contribution in [-0.4, -0.2) is 36.2 Å². The molecule has 1 aromatic carbocycles. The average molecular weight is 293 g/mol. The number of aliphatic hydroxyl groups excluding tert-OH is 1. The van der Waals surface area contributed by atoms with Crippen LogP contribution in [0, 0.1) is 11.7 Å². The van der Waals surface area contributed by atoms with Gasteiger partial charge in [0.1, 0.15) is 11.6 Å². The van der Waals surface area contributed by atoms with Gasteiger partial charge in [0.2, 0.25) is 0 Å². The summed E-state index contributed by atoms with van der Waals surface area (Å²) in [4.78, 5) is 2.48. The van der Waals surface area contributed by atoms with Gasteiger partial charge in [-0.15, -0.1) is 0 Å². The van der Waals surface area contributed by atoms with Gasteiger partial charge in [0.25, 0.3) is 0 Å². The SMILES string of the molecule is COc1cccc(F)c1C(O)CCN(CC1CC1)C1CC1. The molecule has 2 saturated carbocycles. The van der Waals surface area contributed by atoms with Crippen LogP contribution in [0.3, 0.4) is 0 Å². The predicted molar refractivity (Wildman–Crippen MR) is 79.8 cm³/mol. The van der Waals surface area contributed by atoms with Gasteiger partial charge in [0.05, 0.1) is 18.8 Å². The average Bonchev–Trinajstić information content (AvgIpc) is 3.36. The van der Waals surface area contributed by atoms with E-state index in [-0.39, 0.29) is 5.82 Å². The number of halogens is 1. The fraction of sp³-hybridized carbons (Fsp3) is 0.647. The predicted octanol–water partition coefficient (Wildman–Crippen LogP) is 3.13. The third kappa shape index (κ3) is 3.74. The molecule has 0 radical (unpaired) electrons. The highest BCUT2D eigenvalue weighted by Crippen LogP contribution is 2.36. The van der Waals surface area contributed by atoms with Gasteiger partial charge in [-0.25, -0.2) is 4.39 Å². The van der Waals surface area contributed by atoms with Gasteiger partial charge >= 0.3 is 0 Å². The van der Waals surface area contributed by atoms with Crippen molar-refractivity contribution in [3.63, 3.8) is 0 Å². The van der Waals surface area contributed by atoms with Crippen molar-refractivity contribution in [2.75, 3.05) is 20.2 Å². The molecule has 2 fully saturated rings. The highest BCUT2D eigenvalue weighted by Gasteiger charge is 2.33. The number of hydrogen-bond donors (Lipinski definition) is 1. The third-order valence-electron chi connectivity index (χ3n) is 4.51. The molecule has 21 heavy (non-hydrogen) atoms. The standard InChI is InChI=1S/C17H24FNO2/c1-21-16-4-2-3-14(18)17(16)15(20)9-10-19(13-7-8-13)11-12-5-6-12/h2-4,12-13,15,20H,5-11H2,1H3. The van der Waals surface area contributed by atoms with E-state index >= 15 is 0 Å². The fourth-order valence-corrected chi connectivity index (χ4v) is 2.95. The molecule has 116 valence electrons. The molecule has 0 amide bonds. The first kappa shape index (κ1) is 14.8. The fourth-order valence-electron chi connectivity index (χ4n) is 2.95. The van der Waals surface area contributed by atoms with Crippen LogP contribution in [0.15, 0.2) is 18.2 Å². The Bertz CT molecular complexity index is 486. The van der Waals surface area contributed by atoms with Crippen LogP contribution in [0.25, 0.3) is 0 Å². The second kappa shape index (κ2) is 6.32. The molecule has 0 bridgehead atoms. The van der Waals surface area contributed by atoms with Crippen molar-refractivity contribution >= 4 is 0 Å². The van der Waals surface area contributed by atoms with Crippen molar-refractivity contribution < 1.29 is 14.2 Å². The molecule has 1 atom stereocenters. The van der Waals surface area contributed by atoms with Crippen molar-refractivity contribution in [1.29, 1.82) is 0 Å². The van der Waals surface area contributed by atoms with Gasteiger partial charge in [-0.1, -0.05) is 6.07 Å². The van der Waals surface area contributed by atoms with Gasteiger partial charge in [-0.3, -0.25) is 0 Å². The van der Waals surface area contributed by atoms with Crippen molar-refractivity contribution in [2.24, 2.45) is 5.92 Å². The van der Waals surface area contributed by atoms with Crippen LogP contribution in [0.5, 0.6) is 5.75 Å². The van der Waals surface area contributed by atoms with Crippen molar-refractivity contribution in [1.82, 2.24) is 4.90 Å². The Kier molecular flexibility index (Phi) is 4.45. The molecule has 1 N–H and O–H groups in total. The lowest BCUT2D eigenvalue weighted by Crippen LogP contribution is -2.30. The molecular formula is C17H24FNO2. The maximum atomic E-state index is 13.9. The molecule has 3 rings (SSSR count). The van der Waals surface area contributed by atoms with Crippen molar-refractivity contribution in [3.8, 4) is 5.75 Å². The Morgan fingerprint density at radius 2 is 2.10 bits per heavy atom. The van der Waals surface area contributed by atoms with E-state index < -0.39 is 6.10 Å². The van der Waals surface area contributed by atoms with Crippen LogP contribution in [0.4, 0.5) is 4.39 Å². The topological polar surface area (TPSA) is 32.7 Å². The normalized spacial score (nSPS) is 19.8. The molecule has 1 aromatic rings. The molecule has 4 heteroatoms. The van der Waals surface area contributed by atoms with Gasteiger partial charge in [-0.05, 0) is 50.2 Å². The summed E-state index contributed by atoms with van der Waals surface area (Å²) >= 11 is 0. The van der Waals surface area contributed by atoms with Gasteiger partial charge in [0, 0.05) is 19.1 Å². The third-order valence-corrected chi connectivity index (χ3v) is 4.51. The summed E-state index contributed by atoms with van der Waals surface area (Å²) in [6, 6.07) is 5.38. The Labute approximate surface area is 125 Å². The molecule has 0 saturated heterocycles. The van der Waals surface area contributed by atoms with E-state index in [2.05, 4.69) is 4.90 Å². The Morgan fingerprint density at radius 3 is 2.71 bits per heavy atom. The molecule has 2 aliphatic carbocycles. The van der Waals surface area contributed by atoms with E-state index in [0.717, 1.165) is 19.0 Å². The van der Waals surface area contributed by atoms with Crippen LogP contribution in [-0.2, 0) is 0 Å². The summed E-state index contributed by atoms with van der Waals surface area (Å²) in [6.07, 6.45) is 4.97. The number of hydrogen-bond acceptors (Lipinski definition) is 3. The smallest absolute Gasteiger partial charge is 0.132 e. The van der Waals surface area contributed by atoms with Crippen LogP contribution in [0.1, 0.15) is 43.8 Å².